The van der Waals surface area contributed by atoms with Crippen molar-refractivity contribution in [2.45, 2.75) is 33.1 Å². The summed E-state index contributed by atoms with van der Waals surface area (Å²) in [5, 5.41) is 11.9. The van der Waals surface area contributed by atoms with E-state index in [4.69, 9.17) is 14.6 Å². The number of carboxylic acids is 1. The van der Waals surface area contributed by atoms with Crippen LogP contribution in [0.25, 0.3) is 0 Å². The van der Waals surface area contributed by atoms with Gasteiger partial charge >= 0.3 is 5.97 Å². The Kier molecular flexibility index (Phi) is 5.70. The summed E-state index contributed by atoms with van der Waals surface area (Å²) in [7, 11) is 1.56. The minimum atomic E-state index is -0.880. The number of nitrogens with one attached hydrogen (secondary N) is 1. The van der Waals surface area contributed by atoms with E-state index in [9.17, 15) is 9.59 Å². The van der Waals surface area contributed by atoms with E-state index in [1.54, 1.807) is 39.2 Å². The largest absolute Gasteiger partial charge is 0.497 e. The summed E-state index contributed by atoms with van der Waals surface area (Å²) in [5.41, 5.74) is -0.442. The van der Waals surface area contributed by atoms with Crippen molar-refractivity contribution in [2.75, 3.05) is 20.3 Å². The number of hydrogen-bond donors (Lipinski definition) is 2. The van der Waals surface area contributed by atoms with Crippen molar-refractivity contribution in [3.63, 3.8) is 0 Å². The minimum Gasteiger partial charge on any atom is -0.497 e. The van der Waals surface area contributed by atoms with Crippen LogP contribution in [0.4, 0.5) is 0 Å². The minimum absolute atomic E-state index is 0.273. The molecule has 2 N–H and O–H groups in total. The second kappa shape index (κ2) is 7.55. The van der Waals surface area contributed by atoms with Crippen LogP contribution in [0.2, 0.25) is 0 Å². The molecule has 0 unspecified atom stereocenters. The van der Waals surface area contributed by atoms with Crippen molar-refractivity contribution >= 4 is 11.9 Å². The number of methoxy groups -OCH3 is 1. The molecule has 1 aromatic carbocycles. The molecular weight excluding hydrogens is 310 g/mol. The number of rotatable bonds is 9. The first-order valence-corrected chi connectivity index (χ1v) is 8.16. The second-order valence-electron chi connectivity index (χ2n) is 6.81. The highest BCUT2D eigenvalue weighted by molar-refractivity contribution is 5.97. The van der Waals surface area contributed by atoms with Crippen molar-refractivity contribution in [1.82, 2.24) is 5.32 Å². The molecule has 132 valence electrons. The molecule has 1 amide bonds. The summed E-state index contributed by atoms with van der Waals surface area (Å²) in [6.45, 7) is 4.16. The number of carbonyl (C=O) groups is 2. The Hall–Kier alpha value is -2.24. The maximum atomic E-state index is 12.4. The summed E-state index contributed by atoms with van der Waals surface area (Å²) in [6, 6.07) is 5.08. The molecule has 1 aliphatic rings. The normalized spacial score (nSPS) is 14.1. The summed E-state index contributed by atoms with van der Waals surface area (Å²) in [4.78, 5) is 23.5. The molecule has 0 aliphatic heterocycles. The molecule has 1 saturated carbocycles. The van der Waals surface area contributed by atoms with E-state index in [2.05, 4.69) is 5.32 Å². The van der Waals surface area contributed by atoms with Gasteiger partial charge in [0.1, 0.15) is 11.5 Å². The lowest BCUT2D eigenvalue weighted by molar-refractivity contribution is -0.147. The van der Waals surface area contributed by atoms with Crippen LogP contribution < -0.4 is 14.8 Å². The zero-order valence-corrected chi connectivity index (χ0v) is 14.4. The molecule has 0 spiro atoms. The van der Waals surface area contributed by atoms with Gasteiger partial charge in [0, 0.05) is 12.6 Å². The monoisotopic (exact) mass is 335 g/mol. The molecule has 0 aromatic heterocycles. The average molecular weight is 335 g/mol. The average Bonchev–Trinajstić information content (AvgIpc) is 3.36. The van der Waals surface area contributed by atoms with E-state index in [0.29, 0.717) is 36.0 Å². The highest BCUT2D eigenvalue weighted by Crippen LogP contribution is 2.31. The van der Waals surface area contributed by atoms with E-state index >= 15 is 0 Å². The fraction of sp³-hybridized carbons (Fsp3) is 0.556. The molecule has 1 fully saturated rings. The van der Waals surface area contributed by atoms with E-state index in [1.807, 2.05) is 0 Å². The van der Waals surface area contributed by atoms with Crippen LogP contribution >= 0.6 is 0 Å². The lowest BCUT2D eigenvalue weighted by Gasteiger charge is -2.19. The standard InChI is InChI=1S/C18H25NO5/c1-18(2,17(21)22)8-9-19-16(20)14-7-6-13(23-3)10-15(14)24-11-12-4-5-12/h6-7,10,12H,4-5,8-9,11H2,1-3H3,(H,19,20)(H,21,22). The van der Waals surface area contributed by atoms with Crippen molar-refractivity contribution in [3.8, 4) is 11.5 Å². The maximum absolute atomic E-state index is 12.4. The highest BCUT2D eigenvalue weighted by Gasteiger charge is 2.27. The Morgan fingerprint density at radius 2 is 2.04 bits per heavy atom. The summed E-state index contributed by atoms with van der Waals surface area (Å²) in [6.07, 6.45) is 2.67. The Morgan fingerprint density at radius 1 is 1.33 bits per heavy atom. The zero-order valence-electron chi connectivity index (χ0n) is 14.4. The smallest absolute Gasteiger partial charge is 0.309 e. The topological polar surface area (TPSA) is 84.9 Å². The van der Waals surface area contributed by atoms with Crippen molar-refractivity contribution < 1.29 is 24.2 Å². The molecule has 0 heterocycles. The van der Waals surface area contributed by atoms with E-state index in [0.717, 1.165) is 12.8 Å². The van der Waals surface area contributed by atoms with E-state index in [-0.39, 0.29) is 12.5 Å². The molecule has 0 saturated heterocycles. The molecule has 0 radical (unpaired) electrons. The molecule has 24 heavy (non-hydrogen) atoms. The van der Waals surface area contributed by atoms with Gasteiger partial charge in [0.25, 0.3) is 5.91 Å². The third kappa shape index (κ3) is 4.88. The number of ether oxygens (including phenoxy) is 2. The molecule has 0 bridgehead atoms. The lowest BCUT2D eigenvalue weighted by atomic mass is 9.90. The molecule has 6 nitrogen and oxygen atoms in total. The van der Waals surface area contributed by atoms with Crippen molar-refractivity contribution in [1.29, 1.82) is 0 Å². The molecule has 0 atom stereocenters. The van der Waals surface area contributed by atoms with Gasteiger partial charge in [-0.1, -0.05) is 0 Å². The highest BCUT2D eigenvalue weighted by atomic mass is 16.5. The maximum Gasteiger partial charge on any atom is 0.309 e. The number of hydrogen-bond acceptors (Lipinski definition) is 4. The van der Waals surface area contributed by atoms with Crippen LogP contribution in [0.1, 0.15) is 43.5 Å². The third-order valence-corrected chi connectivity index (χ3v) is 4.22. The van der Waals surface area contributed by atoms with Crippen LogP contribution in [-0.4, -0.2) is 37.2 Å². The first kappa shape index (κ1) is 18.1. The van der Waals surface area contributed by atoms with Crippen LogP contribution in [0.3, 0.4) is 0 Å². The zero-order chi connectivity index (χ0) is 17.7. The van der Waals surface area contributed by atoms with Crippen molar-refractivity contribution in [3.05, 3.63) is 23.8 Å². The van der Waals surface area contributed by atoms with Gasteiger partial charge in [0.2, 0.25) is 0 Å². The Bertz CT molecular complexity index is 607. The van der Waals surface area contributed by atoms with Crippen LogP contribution in [-0.2, 0) is 4.79 Å². The predicted octanol–water partition coefficient (Wildman–Crippen LogP) is 2.71. The summed E-state index contributed by atoms with van der Waals surface area (Å²) in [5.74, 6) is 0.545. The quantitative estimate of drug-likeness (QED) is 0.725. The fourth-order valence-electron chi connectivity index (χ4n) is 2.12. The van der Waals surface area contributed by atoms with E-state index in [1.165, 1.54) is 0 Å². The third-order valence-electron chi connectivity index (χ3n) is 4.22. The Balaban J connectivity index is 2.00. The fourth-order valence-corrected chi connectivity index (χ4v) is 2.12. The summed E-state index contributed by atoms with van der Waals surface area (Å²) < 4.78 is 11.0. The van der Waals surface area contributed by atoms with Gasteiger partial charge in [-0.05, 0) is 51.2 Å². The predicted molar refractivity (Wildman–Crippen MR) is 89.6 cm³/mol. The molecule has 1 aromatic rings. The number of carboxylic acid groups (broad SMARTS) is 1. The summed E-state index contributed by atoms with van der Waals surface area (Å²) >= 11 is 0. The van der Waals surface area contributed by atoms with Gasteiger partial charge in [-0.3, -0.25) is 9.59 Å². The van der Waals surface area contributed by atoms with Crippen LogP contribution in [0.15, 0.2) is 18.2 Å². The molecule has 6 heteroatoms. The van der Waals surface area contributed by atoms with Gasteiger partial charge in [0.15, 0.2) is 0 Å². The number of amides is 1. The molecular formula is C18H25NO5. The number of benzene rings is 1. The van der Waals surface area contributed by atoms with Crippen molar-refractivity contribution in [2.24, 2.45) is 11.3 Å². The SMILES string of the molecule is COc1ccc(C(=O)NCCC(C)(C)C(=O)O)c(OCC2CC2)c1. The molecule has 2 rings (SSSR count). The van der Waals surface area contributed by atoms with Crippen LogP contribution in [0, 0.1) is 11.3 Å². The number of carbonyl (C=O) groups excluding carboxylic acids is 1. The van der Waals surface area contributed by atoms with Gasteiger partial charge in [-0.15, -0.1) is 0 Å². The van der Waals surface area contributed by atoms with Gasteiger partial charge in [-0.25, -0.2) is 0 Å². The number of aliphatic carboxylic acids is 1. The molecule has 1 aliphatic carbocycles. The van der Waals surface area contributed by atoms with E-state index < -0.39 is 11.4 Å². The van der Waals surface area contributed by atoms with Crippen LogP contribution in [0.5, 0.6) is 11.5 Å². The van der Waals surface area contributed by atoms with Gasteiger partial charge in [0.05, 0.1) is 24.7 Å². The first-order chi connectivity index (χ1) is 11.3. The van der Waals surface area contributed by atoms with Gasteiger partial charge in [-0.2, -0.15) is 0 Å². The first-order valence-electron chi connectivity index (χ1n) is 8.16. The Labute approximate surface area is 142 Å². The van der Waals surface area contributed by atoms with Gasteiger partial charge < -0.3 is 19.9 Å². The second-order valence-corrected chi connectivity index (χ2v) is 6.81. The lowest BCUT2D eigenvalue weighted by Crippen LogP contribution is -2.32. The Morgan fingerprint density at radius 3 is 2.62 bits per heavy atom.